The van der Waals surface area contributed by atoms with Crippen LogP contribution < -0.4 is 0 Å². The Morgan fingerprint density at radius 1 is 1.10 bits per heavy atom. The highest BCUT2D eigenvalue weighted by Gasteiger charge is 2.44. The Morgan fingerprint density at radius 2 is 1.83 bits per heavy atom. The standard InChI is InChI=1S/C18H24O11/c19-6-10(8-27-18-17(26)16(25)15(24)13(7-20)29-18)28-14(23)4-2-9-1-3-11(21)12(22)5-9/h1-5,10,13,15-22,24-26H,6-8H2/b4-2+/t10-,13+,15+,16-,17+,18+/m0/s1. The van der Waals surface area contributed by atoms with Crippen molar-refractivity contribution in [1.29, 1.82) is 0 Å². The van der Waals surface area contributed by atoms with E-state index in [0.29, 0.717) is 5.56 Å². The van der Waals surface area contributed by atoms with Crippen LogP contribution in [0, 0.1) is 0 Å². The Labute approximate surface area is 165 Å². The third-order valence-electron chi connectivity index (χ3n) is 4.19. The lowest BCUT2D eigenvalue weighted by Crippen LogP contribution is -2.59. The summed E-state index contributed by atoms with van der Waals surface area (Å²) in [5, 5.41) is 66.4. The van der Waals surface area contributed by atoms with E-state index >= 15 is 0 Å². The van der Waals surface area contributed by atoms with Crippen LogP contribution in [0.2, 0.25) is 0 Å². The summed E-state index contributed by atoms with van der Waals surface area (Å²) < 4.78 is 15.4. The number of aliphatic hydroxyl groups excluding tert-OH is 5. The van der Waals surface area contributed by atoms with E-state index in [-0.39, 0.29) is 11.5 Å². The Hall–Kier alpha value is -2.25. The summed E-state index contributed by atoms with van der Waals surface area (Å²) in [6.45, 7) is -1.64. The zero-order valence-corrected chi connectivity index (χ0v) is 15.2. The summed E-state index contributed by atoms with van der Waals surface area (Å²) in [6, 6.07) is 3.92. The highest BCUT2D eigenvalue weighted by molar-refractivity contribution is 5.87. The first-order valence-electron chi connectivity index (χ1n) is 8.70. The second-order valence-electron chi connectivity index (χ2n) is 6.35. The van der Waals surface area contributed by atoms with Crippen molar-refractivity contribution in [1.82, 2.24) is 0 Å². The lowest BCUT2D eigenvalue weighted by molar-refractivity contribution is -0.305. The first-order valence-corrected chi connectivity index (χ1v) is 8.70. The van der Waals surface area contributed by atoms with Crippen LogP contribution in [-0.2, 0) is 19.0 Å². The van der Waals surface area contributed by atoms with Crippen LogP contribution >= 0.6 is 0 Å². The number of rotatable bonds is 8. The molecule has 11 heteroatoms. The van der Waals surface area contributed by atoms with Crippen LogP contribution in [-0.4, -0.2) is 98.3 Å². The molecule has 0 aliphatic carbocycles. The van der Waals surface area contributed by atoms with E-state index in [0.717, 1.165) is 6.08 Å². The molecule has 7 N–H and O–H groups in total. The van der Waals surface area contributed by atoms with Crippen molar-refractivity contribution < 1.29 is 54.8 Å². The third-order valence-corrected chi connectivity index (χ3v) is 4.19. The third kappa shape index (κ3) is 6.11. The van der Waals surface area contributed by atoms with Gasteiger partial charge in [-0.1, -0.05) is 6.07 Å². The molecule has 6 atom stereocenters. The molecular weight excluding hydrogens is 392 g/mol. The average molecular weight is 416 g/mol. The van der Waals surface area contributed by atoms with Crippen molar-refractivity contribution in [3.8, 4) is 11.5 Å². The Bertz CT molecular complexity index is 705. The molecular formula is C18H24O11. The molecule has 162 valence electrons. The molecule has 1 saturated heterocycles. The van der Waals surface area contributed by atoms with Crippen LogP contribution in [0.4, 0.5) is 0 Å². The van der Waals surface area contributed by atoms with Gasteiger partial charge in [-0.05, 0) is 23.8 Å². The number of hydrogen-bond acceptors (Lipinski definition) is 11. The van der Waals surface area contributed by atoms with Gasteiger partial charge >= 0.3 is 5.97 Å². The number of phenolic OH excluding ortho intramolecular Hbond substituents is 2. The van der Waals surface area contributed by atoms with Gasteiger partial charge in [0.1, 0.15) is 30.5 Å². The molecule has 2 rings (SSSR count). The van der Waals surface area contributed by atoms with E-state index in [4.69, 9.17) is 19.3 Å². The average Bonchev–Trinajstić information content (AvgIpc) is 2.71. The molecule has 1 aliphatic rings. The molecule has 0 spiro atoms. The van der Waals surface area contributed by atoms with Crippen LogP contribution in [0.25, 0.3) is 6.08 Å². The predicted molar refractivity (Wildman–Crippen MR) is 95.5 cm³/mol. The predicted octanol–water partition coefficient (Wildman–Crippen LogP) is -2.17. The van der Waals surface area contributed by atoms with E-state index in [1.54, 1.807) is 0 Å². The molecule has 29 heavy (non-hydrogen) atoms. The Balaban J connectivity index is 1.88. The van der Waals surface area contributed by atoms with Gasteiger partial charge in [0.15, 0.2) is 17.8 Å². The van der Waals surface area contributed by atoms with Gasteiger partial charge in [0.25, 0.3) is 0 Å². The molecule has 1 aromatic carbocycles. The van der Waals surface area contributed by atoms with E-state index in [1.807, 2.05) is 0 Å². The quantitative estimate of drug-likeness (QED) is 0.139. The van der Waals surface area contributed by atoms with Crippen molar-refractivity contribution in [3.63, 3.8) is 0 Å². The number of carbonyl (C=O) groups is 1. The van der Waals surface area contributed by atoms with Gasteiger partial charge in [-0.25, -0.2) is 4.79 Å². The minimum atomic E-state index is -1.62. The van der Waals surface area contributed by atoms with Crippen LogP contribution in [0.5, 0.6) is 11.5 Å². The molecule has 0 radical (unpaired) electrons. The number of ether oxygens (including phenoxy) is 3. The smallest absolute Gasteiger partial charge is 0.331 e. The van der Waals surface area contributed by atoms with Gasteiger partial charge in [-0.2, -0.15) is 0 Å². The summed E-state index contributed by atoms with van der Waals surface area (Å²) >= 11 is 0. The molecule has 1 heterocycles. The maximum atomic E-state index is 11.9. The SMILES string of the molecule is O=C(/C=C/c1ccc(O)c(O)c1)O[C@@H](CO)CO[C@@H]1O[C@H](CO)[C@@H](O)[C@H](O)[C@H]1O. The fourth-order valence-corrected chi connectivity index (χ4v) is 2.54. The van der Waals surface area contributed by atoms with Gasteiger partial charge < -0.3 is 50.0 Å². The maximum absolute atomic E-state index is 11.9. The number of esters is 1. The van der Waals surface area contributed by atoms with E-state index in [2.05, 4.69) is 0 Å². The molecule has 1 aliphatic heterocycles. The van der Waals surface area contributed by atoms with E-state index in [1.165, 1.54) is 24.3 Å². The lowest BCUT2D eigenvalue weighted by Gasteiger charge is -2.39. The Morgan fingerprint density at radius 3 is 2.45 bits per heavy atom. The van der Waals surface area contributed by atoms with Crippen molar-refractivity contribution >= 4 is 12.0 Å². The minimum absolute atomic E-state index is 0.310. The normalized spacial score (nSPS) is 28.4. The number of carbonyl (C=O) groups excluding carboxylic acids is 1. The summed E-state index contributed by atoms with van der Waals surface area (Å²) in [4.78, 5) is 11.9. The van der Waals surface area contributed by atoms with Crippen LogP contribution in [0.1, 0.15) is 5.56 Å². The Kier molecular flexibility index (Phi) is 8.34. The largest absolute Gasteiger partial charge is 0.504 e. The zero-order chi connectivity index (χ0) is 21.6. The fraction of sp³-hybridized carbons (Fsp3) is 0.500. The molecule has 0 amide bonds. The minimum Gasteiger partial charge on any atom is -0.504 e. The number of phenols is 2. The molecule has 0 aromatic heterocycles. The van der Waals surface area contributed by atoms with Gasteiger partial charge in [0, 0.05) is 6.08 Å². The van der Waals surface area contributed by atoms with Gasteiger partial charge in [0.2, 0.25) is 0 Å². The van der Waals surface area contributed by atoms with Crippen molar-refractivity contribution in [2.45, 2.75) is 36.8 Å². The molecule has 1 fully saturated rings. The number of hydrogen-bond donors (Lipinski definition) is 7. The number of aromatic hydroxyl groups is 2. The van der Waals surface area contributed by atoms with Gasteiger partial charge in [-0.3, -0.25) is 0 Å². The van der Waals surface area contributed by atoms with E-state index in [9.17, 15) is 35.4 Å². The number of benzene rings is 1. The van der Waals surface area contributed by atoms with Crippen LogP contribution in [0.15, 0.2) is 24.3 Å². The second-order valence-corrected chi connectivity index (χ2v) is 6.35. The maximum Gasteiger partial charge on any atom is 0.331 e. The highest BCUT2D eigenvalue weighted by atomic mass is 16.7. The molecule has 0 bridgehead atoms. The molecule has 11 nitrogen and oxygen atoms in total. The summed E-state index contributed by atoms with van der Waals surface area (Å²) in [5.41, 5.74) is 0.412. The first kappa shape index (κ1) is 23.0. The van der Waals surface area contributed by atoms with E-state index < -0.39 is 62.6 Å². The monoisotopic (exact) mass is 416 g/mol. The second kappa shape index (κ2) is 10.5. The summed E-state index contributed by atoms with van der Waals surface area (Å²) in [7, 11) is 0. The highest BCUT2D eigenvalue weighted by Crippen LogP contribution is 2.25. The van der Waals surface area contributed by atoms with Crippen molar-refractivity contribution in [2.75, 3.05) is 19.8 Å². The van der Waals surface area contributed by atoms with Gasteiger partial charge in [0.05, 0.1) is 19.8 Å². The molecule has 0 unspecified atom stereocenters. The van der Waals surface area contributed by atoms with Crippen molar-refractivity contribution in [2.24, 2.45) is 0 Å². The summed E-state index contributed by atoms with van der Waals surface area (Å²) in [6.07, 6.45) is -6.14. The zero-order valence-electron chi connectivity index (χ0n) is 15.2. The molecule has 1 aromatic rings. The lowest BCUT2D eigenvalue weighted by atomic mass is 9.99. The fourth-order valence-electron chi connectivity index (χ4n) is 2.54. The topological polar surface area (TPSA) is 186 Å². The first-order chi connectivity index (χ1) is 13.8. The van der Waals surface area contributed by atoms with Crippen LogP contribution in [0.3, 0.4) is 0 Å². The summed E-state index contributed by atoms with van der Waals surface area (Å²) in [5.74, 6) is -1.51. The number of aliphatic hydroxyl groups is 5. The van der Waals surface area contributed by atoms with Crippen molar-refractivity contribution in [3.05, 3.63) is 29.8 Å². The molecule has 0 saturated carbocycles. The van der Waals surface area contributed by atoms with Gasteiger partial charge in [-0.15, -0.1) is 0 Å².